The van der Waals surface area contributed by atoms with E-state index < -0.39 is 18.0 Å². The highest BCUT2D eigenvalue weighted by atomic mass is 16.2. The number of urea groups is 2. The van der Waals surface area contributed by atoms with Gasteiger partial charge in [0, 0.05) is 5.56 Å². The Hall–Kier alpha value is -2.85. The highest BCUT2D eigenvalue weighted by Crippen LogP contribution is 2.27. The van der Waals surface area contributed by atoms with Crippen molar-refractivity contribution < 1.29 is 14.4 Å². The summed E-state index contributed by atoms with van der Waals surface area (Å²) in [6.45, 7) is 0. The highest BCUT2D eigenvalue weighted by Gasteiger charge is 2.20. The van der Waals surface area contributed by atoms with Gasteiger partial charge in [0.15, 0.2) is 0 Å². The van der Waals surface area contributed by atoms with Gasteiger partial charge in [-0.3, -0.25) is 4.79 Å². The minimum atomic E-state index is -1.03. The summed E-state index contributed by atoms with van der Waals surface area (Å²) in [5, 5.41) is 1.05. The van der Waals surface area contributed by atoms with Gasteiger partial charge in [0.2, 0.25) is 5.91 Å². The largest absolute Gasteiger partial charge is 0.366 e. The quantitative estimate of drug-likeness (QED) is 0.247. The van der Waals surface area contributed by atoms with Crippen molar-refractivity contribution in [1.29, 1.82) is 0 Å². The number of hydrazine groups is 2. The summed E-state index contributed by atoms with van der Waals surface area (Å²) in [6.07, 6.45) is 0. The molecule has 0 saturated heterocycles. The fourth-order valence-corrected chi connectivity index (χ4v) is 1.31. The first-order chi connectivity index (χ1) is 8.75. The van der Waals surface area contributed by atoms with Gasteiger partial charge in [0.1, 0.15) is 0 Å². The molecule has 19 heavy (non-hydrogen) atoms. The number of amides is 5. The van der Waals surface area contributed by atoms with E-state index in [1.807, 2.05) is 0 Å². The fraction of sp³-hybridized carbons (Fsp3) is 0. The SMILES string of the molecule is NC(=O)c1ccc(N(N)C(N)=O)c(N(N)C(N)=O)c1. The molecule has 10 nitrogen and oxygen atoms in total. The van der Waals surface area contributed by atoms with Gasteiger partial charge >= 0.3 is 12.1 Å². The van der Waals surface area contributed by atoms with Crippen LogP contribution in [0.5, 0.6) is 0 Å². The van der Waals surface area contributed by atoms with Gasteiger partial charge in [0.05, 0.1) is 11.4 Å². The van der Waals surface area contributed by atoms with E-state index in [9.17, 15) is 14.4 Å². The summed E-state index contributed by atoms with van der Waals surface area (Å²) >= 11 is 0. The van der Waals surface area contributed by atoms with E-state index >= 15 is 0 Å². The molecule has 102 valence electrons. The second kappa shape index (κ2) is 5.20. The maximum Gasteiger partial charge on any atom is 0.333 e. The van der Waals surface area contributed by atoms with Crippen molar-refractivity contribution in [3.8, 4) is 0 Å². The summed E-state index contributed by atoms with van der Waals surface area (Å²) in [5.74, 6) is 10.1. The molecule has 0 heterocycles. The first-order valence-electron chi connectivity index (χ1n) is 4.88. The molecule has 10 N–H and O–H groups in total. The number of hydrogen-bond donors (Lipinski definition) is 5. The maximum absolute atomic E-state index is 11.1. The molecular weight excluding hydrogens is 254 g/mol. The molecule has 0 aliphatic rings. The third kappa shape index (κ3) is 2.88. The van der Waals surface area contributed by atoms with Crippen LogP contribution in [-0.2, 0) is 0 Å². The lowest BCUT2D eigenvalue weighted by Crippen LogP contribution is -2.46. The Bertz CT molecular complexity index is 545. The monoisotopic (exact) mass is 267 g/mol. The molecule has 0 bridgehead atoms. The van der Waals surface area contributed by atoms with Crippen LogP contribution in [0.1, 0.15) is 10.4 Å². The number of rotatable bonds is 3. The van der Waals surface area contributed by atoms with Gasteiger partial charge in [0.25, 0.3) is 0 Å². The summed E-state index contributed by atoms with van der Waals surface area (Å²) < 4.78 is 0. The molecule has 0 radical (unpaired) electrons. The lowest BCUT2D eigenvalue weighted by atomic mass is 10.1. The molecule has 1 aromatic carbocycles. The van der Waals surface area contributed by atoms with Gasteiger partial charge in [-0.25, -0.2) is 31.3 Å². The van der Waals surface area contributed by atoms with Crippen molar-refractivity contribution in [3.05, 3.63) is 23.8 Å². The third-order valence-electron chi connectivity index (χ3n) is 2.25. The smallest absolute Gasteiger partial charge is 0.333 e. The van der Waals surface area contributed by atoms with Crippen molar-refractivity contribution >= 4 is 29.3 Å². The van der Waals surface area contributed by atoms with Crippen LogP contribution >= 0.6 is 0 Å². The molecule has 0 aromatic heterocycles. The molecule has 5 amide bonds. The van der Waals surface area contributed by atoms with Crippen molar-refractivity contribution in [3.63, 3.8) is 0 Å². The Morgan fingerprint density at radius 3 is 1.74 bits per heavy atom. The number of nitrogens with two attached hydrogens (primary N) is 5. The third-order valence-corrected chi connectivity index (χ3v) is 2.25. The lowest BCUT2D eigenvalue weighted by molar-refractivity contribution is 0.1000. The first-order valence-corrected chi connectivity index (χ1v) is 4.88. The van der Waals surface area contributed by atoms with E-state index in [4.69, 9.17) is 28.9 Å². The lowest BCUT2D eigenvalue weighted by Gasteiger charge is -2.22. The fourth-order valence-electron chi connectivity index (χ4n) is 1.31. The van der Waals surface area contributed by atoms with Crippen molar-refractivity contribution in [2.24, 2.45) is 28.9 Å². The van der Waals surface area contributed by atoms with Crippen molar-refractivity contribution in [1.82, 2.24) is 0 Å². The van der Waals surface area contributed by atoms with Crippen LogP contribution in [-0.4, -0.2) is 18.0 Å². The van der Waals surface area contributed by atoms with Crippen LogP contribution in [0.4, 0.5) is 21.0 Å². The first kappa shape index (κ1) is 14.2. The normalized spacial score (nSPS) is 9.79. The van der Waals surface area contributed by atoms with Gasteiger partial charge in [-0.05, 0) is 18.2 Å². The average Bonchev–Trinajstić information content (AvgIpc) is 2.35. The maximum atomic E-state index is 11.1. The zero-order valence-electron chi connectivity index (χ0n) is 9.74. The Labute approximate surface area is 107 Å². The van der Waals surface area contributed by atoms with Crippen LogP contribution in [0, 0.1) is 0 Å². The molecule has 0 aliphatic heterocycles. The zero-order valence-corrected chi connectivity index (χ0v) is 9.74. The number of carbonyl (C=O) groups is 3. The van der Waals surface area contributed by atoms with E-state index in [-0.39, 0.29) is 16.9 Å². The summed E-state index contributed by atoms with van der Waals surface area (Å²) in [6, 6.07) is 1.68. The number of primary amides is 3. The molecule has 0 aliphatic carbocycles. The second-order valence-corrected chi connectivity index (χ2v) is 3.48. The summed E-state index contributed by atoms with van der Waals surface area (Å²) in [7, 11) is 0. The van der Waals surface area contributed by atoms with Gasteiger partial charge in [-0.2, -0.15) is 0 Å². The van der Waals surface area contributed by atoms with E-state index in [0.29, 0.717) is 10.0 Å². The van der Waals surface area contributed by atoms with E-state index in [1.54, 1.807) is 0 Å². The van der Waals surface area contributed by atoms with E-state index in [1.165, 1.54) is 12.1 Å². The van der Waals surface area contributed by atoms with Crippen LogP contribution in [0.2, 0.25) is 0 Å². The molecule has 1 rings (SSSR count). The molecule has 0 spiro atoms. The number of carbonyl (C=O) groups excluding carboxylic acids is 3. The Morgan fingerprint density at radius 2 is 1.32 bits per heavy atom. The summed E-state index contributed by atoms with van der Waals surface area (Å²) in [5.41, 5.74) is 15.1. The van der Waals surface area contributed by atoms with Gasteiger partial charge < -0.3 is 17.2 Å². The van der Waals surface area contributed by atoms with Crippen LogP contribution in [0.25, 0.3) is 0 Å². The number of hydrogen-bond acceptors (Lipinski definition) is 5. The Balaban J connectivity index is 3.42. The topological polar surface area (TPSA) is 188 Å². The van der Waals surface area contributed by atoms with Crippen LogP contribution < -0.4 is 38.9 Å². The molecule has 0 saturated carbocycles. The molecule has 10 heteroatoms. The van der Waals surface area contributed by atoms with Crippen molar-refractivity contribution in [2.45, 2.75) is 0 Å². The van der Waals surface area contributed by atoms with Gasteiger partial charge in [-0.1, -0.05) is 0 Å². The number of nitrogens with zero attached hydrogens (tertiary/aromatic N) is 2. The molecule has 0 unspecified atom stereocenters. The van der Waals surface area contributed by atoms with Crippen LogP contribution in [0.3, 0.4) is 0 Å². The number of benzene rings is 1. The van der Waals surface area contributed by atoms with Gasteiger partial charge in [-0.15, -0.1) is 0 Å². The molecular formula is C9H13N7O3. The molecule has 0 fully saturated rings. The summed E-state index contributed by atoms with van der Waals surface area (Å²) in [4.78, 5) is 33.1. The van der Waals surface area contributed by atoms with E-state index in [2.05, 4.69) is 0 Å². The number of anilines is 2. The van der Waals surface area contributed by atoms with Crippen molar-refractivity contribution in [2.75, 3.05) is 10.0 Å². The Morgan fingerprint density at radius 1 is 0.842 bits per heavy atom. The average molecular weight is 267 g/mol. The minimum absolute atomic E-state index is 0.0150. The minimum Gasteiger partial charge on any atom is -0.366 e. The zero-order chi connectivity index (χ0) is 14.7. The van der Waals surface area contributed by atoms with Crippen LogP contribution in [0.15, 0.2) is 18.2 Å². The molecule has 0 atom stereocenters. The second-order valence-electron chi connectivity index (χ2n) is 3.48. The predicted molar refractivity (Wildman–Crippen MR) is 67.5 cm³/mol. The molecule has 1 aromatic rings. The standard InChI is InChI=1S/C9H13N7O3/c10-7(17)4-1-2-5(15(13)8(11)18)6(3-4)16(14)9(12)19/h1-3H,13-14H2,(H2,10,17)(H2,11,18)(H2,12,19). The highest BCUT2D eigenvalue weighted by molar-refractivity contribution is 6.02. The Kier molecular flexibility index (Phi) is 3.89. The van der Waals surface area contributed by atoms with E-state index in [0.717, 1.165) is 6.07 Å². The predicted octanol–water partition coefficient (Wildman–Crippen LogP) is -1.70.